The van der Waals surface area contributed by atoms with Crippen LogP contribution < -0.4 is 21.9 Å². The molecule has 0 bridgehead atoms. The summed E-state index contributed by atoms with van der Waals surface area (Å²) >= 11 is 0. The highest BCUT2D eigenvalue weighted by Crippen LogP contribution is 2.21. The highest BCUT2D eigenvalue weighted by molar-refractivity contribution is 5.79. The van der Waals surface area contributed by atoms with Crippen LogP contribution in [-0.4, -0.2) is 29.5 Å². The molecule has 0 saturated carbocycles. The molecule has 0 saturated heterocycles. The van der Waals surface area contributed by atoms with E-state index in [4.69, 9.17) is 11.6 Å². The molecule has 0 unspecified atom stereocenters. The molecular formula is C9H16N6O. The van der Waals surface area contributed by atoms with Gasteiger partial charge in [-0.15, -0.1) is 0 Å². The number of rotatable bonds is 4. The van der Waals surface area contributed by atoms with Gasteiger partial charge in [0.05, 0.1) is 6.54 Å². The summed E-state index contributed by atoms with van der Waals surface area (Å²) in [5.74, 6) is 6.68. The van der Waals surface area contributed by atoms with Crippen molar-refractivity contribution in [2.45, 2.75) is 13.8 Å². The number of nitrogen functional groups attached to an aromatic ring is 1. The van der Waals surface area contributed by atoms with Crippen LogP contribution in [0.3, 0.4) is 0 Å². The van der Waals surface area contributed by atoms with Gasteiger partial charge in [-0.1, -0.05) is 0 Å². The van der Waals surface area contributed by atoms with Crippen LogP contribution in [0.4, 0.5) is 11.6 Å². The number of anilines is 2. The van der Waals surface area contributed by atoms with Crippen LogP contribution in [0.1, 0.15) is 11.4 Å². The Kier molecular flexibility index (Phi) is 3.62. The topological polar surface area (TPSA) is 110 Å². The first-order chi connectivity index (χ1) is 7.45. The number of carbonyl (C=O) groups is 1. The largest absolute Gasteiger partial charge is 0.368 e. The molecule has 1 aromatic heterocycles. The predicted molar refractivity (Wildman–Crippen MR) is 61.8 cm³/mol. The van der Waals surface area contributed by atoms with Gasteiger partial charge < -0.3 is 16.1 Å². The van der Waals surface area contributed by atoms with Gasteiger partial charge >= 0.3 is 0 Å². The van der Waals surface area contributed by atoms with Crippen molar-refractivity contribution in [3.63, 3.8) is 0 Å². The first-order valence-electron chi connectivity index (χ1n) is 4.77. The van der Waals surface area contributed by atoms with Gasteiger partial charge in [-0.25, -0.2) is 15.8 Å². The van der Waals surface area contributed by atoms with E-state index in [0.717, 1.165) is 5.56 Å². The Labute approximate surface area is 93.8 Å². The molecular weight excluding hydrogens is 208 g/mol. The van der Waals surface area contributed by atoms with E-state index in [1.165, 1.54) is 0 Å². The molecule has 0 fully saturated rings. The third-order valence-corrected chi connectivity index (χ3v) is 2.12. The number of nitrogens with zero attached hydrogens (tertiary/aromatic N) is 3. The summed E-state index contributed by atoms with van der Waals surface area (Å²) in [5, 5.41) is 0. The van der Waals surface area contributed by atoms with E-state index in [-0.39, 0.29) is 6.54 Å². The Morgan fingerprint density at radius 3 is 2.56 bits per heavy atom. The van der Waals surface area contributed by atoms with Crippen LogP contribution in [-0.2, 0) is 4.79 Å². The summed E-state index contributed by atoms with van der Waals surface area (Å²) in [6, 6.07) is 0. The maximum Gasteiger partial charge on any atom is 0.236 e. The molecule has 1 rings (SSSR count). The number of carbonyl (C=O) groups excluding carboxylic acids is 1. The molecule has 16 heavy (non-hydrogen) atoms. The van der Waals surface area contributed by atoms with E-state index in [9.17, 15) is 4.79 Å². The van der Waals surface area contributed by atoms with Crippen molar-refractivity contribution >= 4 is 17.5 Å². The average Bonchev–Trinajstić information content (AvgIpc) is 2.19. The van der Waals surface area contributed by atoms with Gasteiger partial charge in [0.25, 0.3) is 0 Å². The number of likely N-dealkylation sites (N-methyl/N-ethyl adjacent to an activating group) is 1. The van der Waals surface area contributed by atoms with Crippen LogP contribution in [0, 0.1) is 13.8 Å². The minimum Gasteiger partial charge on any atom is -0.368 e. The molecule has 88 valence electrons. The second kappa shape index (κ2) is 4.75. The molecule has 0 aliphatic heterocycles. The molecule has 5 N–H and O–H groups in total. The van der Waals surface area contributed by atoms with E-state index in [0.29, 0.717) is 17.5 Å². The predicted octanol–water partition coefficient (Wildman–Crippen LogP) is -0.699. The molecule has 0 aromatic carbocycles. The fourth-order valence-corrected chi connectivity index (χ4v) is 1.43. The van der Waals surface area contributed by atoms with Crippen LogP contribution in [0.25, 0.3) is 0 Å². The van der Waals surface area contributed by atoms with E-state index < -0.39 is 5.91 Å². The lowest BCUT2D eigenvalue weighted by Crippen LogP contribution is -2.32. The number of hydrogen-bond acceptors (Lipinski definition) is 6. The molecule has 0 aliphatic carbocycles. The molecule has 0 spiro atoms. The minimum absolute atomic E-state index is 0.0985. The van der Waals surface area contributed by atoms with Gasteiger partial charge in [-0.05, 0) is 13.8 Å². The summed E-state index contributed by atoms with van der Waals surface area (Å²) in [6.07, 6.45) is 0. The molecule has 1 aromatic rings. The van der Waals surface area contributed by atoms with Gasteiger partial charge in [0, 0.05) is 12.6 Å². The first-order valence-corrected chi connectivity index (χ1v) is 4.77. The van der Waals surface area contributed by atoms with Crippen LogP contribution in [0.15, 0.2) is 0 Å². The molecule has 7 heteroatoms. The zero-order chi connectivity index (χ0) is 12.3. The molecule has 0 aliphatic rings. The van der Waals surface area contributed by atoms with Crippen LogP contribution >= 0.6 is 0 Å². The van der Waals surface area contributed by atoms with Crippen molar-refractivity contribution in [1.82, 2.24) is 9.97 Å². The summed E-state index contributed by atoms with van der Waals surface area (Å²) in [4.78, 5) is 20.9. The fourth-order valence-electron chi connectivity index (χ4n) is 1.43. The Balaban J connectivity index is 3.12. The average molecular weight is 224 g/mol. The second-order valence-corrected chi connectivity index (χ2v) is 3.53. The van der Waals surface area contributed by atoms with Gasteiger partial charge in [0.2, 0.25) is 5.91 Å². The highest BCUT2D eigenvalue weighted by Gasteiger charge is 2.13. The Morgan fingerprint density at radius 2 is 2.06 bits per heavy atom. The SMILES string of the molecule is Cc1nc(NN)c(C)c(N(C)CC(N)=O)n1. The Hall–Kier alpha value is -1.89. The standard InChI is InChI=1S/C9H16N6O/c1-5-8(14-11)12-6(2)13-9(5)15(3)4-7(10)16/h4,11H2,1-3H3,(H2,10,16)(H,12,13,14). The van der Waals surface area contributed by atoms with Crippen molar-refractivity contribution < 1.29 is 4.79 Å². The molecule has 0 radical (unpaired) electrons. The number of nitrogens with two attached hydrogens (primary N) is 2. The summed E-state index contributed by atoms with van der Waals surface area (Å²) < 4.78 is 0. The minimum atomic E-state index is -0.416. The first kappa shape index (κ1) is 12.2. The van der Waals surface area contributed by atoms with Crippen molar-refractivity contribution in [3.05, 3.63) is 11.4 Å². The maximum absolute atomic E-state index is 10.8. The third kappa shape index (κ3) is 2.57. The number of hydrogen-bond donors (Lipinski definition) is 3. The summed E-state index contributed by atoms with van der Waals surface area (Å²) in [5.41, 5.74) is 8.39. The Morgan fingerprint density at radius 1 is 1.44 bits per heavy atom. The number of primary amides is 1. The molecule has 1 amide bonds. The monoisotopic (exact) mass is 224 g/mol. The lowest BCUT2D eigenvalue weighted by Gasteiger charge is -2.20. The van der Waals surface area contributed by atoms with E-state index in [2.05, 4.69) is 15.4 Å². The fraction of sp³-hybridized carbons (Fsp3) is 0.444. The molecule has 1 heterocycles. The molecule has 0 atom stereocenters. The third-order valence-electron chi connectivity index (χ3n) is 2.12. The number of hydrazine groups is 1. The van der Waals surface area contributed by atoms with Gasteiger partial charge in [-0.2, -0.15) is 0 Å². The number of aryl methyl sites for hydroxylation is 1. The van der Waals surface area contributed by atoms with E-state index >= 15 is 0 Å². The highest BCUT2D eigenvalue weighted by atomic mass is 16.1. The van der Waals surface area contributed by atoms with Crippen LogP contribution in [0.5, 0.6) is 0 Å². The number of amides is 1. The number of nitrogens with one attached hydrogen (secondary N) is 1. The quantitative estimate of drug-likeness (QED) is 0.461. The second-order valence-electron chi connectivity index (χ2n) is 3.53. The van der Waals surface area contributed by atoms with Crippen LogP contribution in [0.2, 0.25) is 0 Å². The molecule has 7 nitrogen and oxygen atoms in total. The van der Waals surface area contributed by atoms with E-state index in [1.54, 1.807) is 18.9 Å². The maximum atomic E-state index is 10.8. The zero-order valence-electron chi connectivity index (χ0n) is 9.61. The summed E-state index contributed by atoms with van der Waals surface area (Å²) in [7, 11) is 1.74. The number of aromatic nitrogens is 2. The summed E-state index contributed by atoms with van der Waals surface area (Å²) in [6.45, 7) is 3.67. The van der Waals surface area contributed by atoms with Crippen molar-refractivity contribution in [3.8, 4) is 0 Å². The van der Waals surface area contributed by atoms with Gasteiger partial charge in [-0.3, -0.25) is 4.79 Å². The normalized spacial score (nSPS) is 10.0. The smallest absolute Gasteiger partial charge is 0.236 e. The van der Waals surface area contributed by atoms with E-state index in [1.807, 2.05) is 6.92 Å². The lowest BCUT2D eigenvalue weighted by atomic mass is 10.3. The Bertz CT molecular complexity index is 405. The van der Waals surface area contributed by atoms with Crippen molar-refractivity contribution in [2.24, 2.45) is 11.6 Å². The zero-order valence-corrected chi connectivity index (χ0v) is 9.61. The van der Waals surface area contributed by atoms with Crippen molar-refractivity contribution in [2.75, 3.05) is 23.9 Å². The van der Waals surface area contributed by atoms with Gasteiger partial charge in [0.15, 0.2) is 0 Å². The lowest BCUT2D eigenvalue weighted by molar-refractivity contribution is -0.116. The van der Waals surface area contributed by atoms with Crippen molar-refractivity contribution in [1.29, 1.82) is 0 Å². The van der Waals surface area contributed by atoms with Gasteiger partial charge in [0.1, 0.15) is 17.5 Å².